The van der Waals surface area contributed by atoms with Gasteiger partial charge in [-0.05, 0) is 30.9 Å². The van der Waals surface area contributed by atoms with E-state index in [0.29, 0.717) is 29.3 Å². The van der Waals surface area contributed by atoms with E-state index in [2.05, 4.69) is 20.3 Å². The van der Waals surface area contributed by atoms with Gasteiger partial charge in [0.05, 0.1) is 17.5 Å². The lowest BCUT2D eigenvalue weighted by molar-refractivity contribution is -0.0498. The topological polar surface area (TPSA) is 93.0 Å². The Kier molecular flexibility index (Phi) is 6.33. The second-order valence-electron chi connectivity index (χ2n) is 5.72. The number of rotatable bonds is 7. The first-order chi connectivity index (χ1) is 11.6. The maximum atomic E-state index is 12.5. The number of H-pyrrole nitrogens is 1. The van der Waals surface area contributed by atoms with Crippen LogP contribution in [-0.2, 0) is 0 Å². The van der Waals surface area contributed by atoms with Crippen LogP contribution in [0.3, 0.4) is 0 Å². The summed E-state index contributed by atoms with van der Waals surface area (Å²) in [5.74, 6) is 0.152. The zero-order chi connectivity index (χ0) is 17.1. The van der Waals surface area contributed by atoms with Gasteiger partial charge in [-0.15, -0.1) is 12.4 Å². The fourth-order valence-corrected chi connectivity index (χ4v) is 2.62. The number of benzene rings is 1. The highest BCUT2D eigenvalue weighted by atomic mass is 35.5. The second-order valence-corrected chi connectivity index (χ2v) is 5.72. The molecule has 1 heterocycles. The monoisotopic (exact) mass is 372 g/mol. The molecule has 0 spiro atoms. The van der Waals surface area contributed by atoms with Crippen LogP contribution in [-0.4, -0.2) is 35.3 Å². The van der Waals surface area contributed by atoms with E-state index in [-0.39, 0.29) is 30.1 Å². The van der Waals surface area contributed by atoms with Crippen LogP contribution in [0.2, 0.25) is 0 Å². The molecule has 4 N–H and O–H groups in total. The lowest BCUT2D eigenvalue weighted by Crippen LogP contribution is -2.41. The van der Waals surface area contributed by atoms with Gasteiger partial charge in [0.15, 0.2) is 0 Å². The lowest BCUT2D eigenvalue weighted by Gasteiger charge is -2.16. The van der Waals surface area contributed by atoms with Crippen molar-refractivity contribution in [3.63, 3.8) is 0 Å². The molecule has 1 saturated carbocycles. The number of nitrogens with two attached hydrogens (primary N) is 1. The van der Waals surface area contributed by atoms with Gasteiger partial charge in [0, 0.05) is 18.2 Å². The Morgan fingerprint density at radius 1 is 1.44 bits per heavy atom. The Morgan fingerprint density at radius 3 is 2.84 bits per heavy atom. The molecule has 1 unspecified atom stereocenters. The summed E-state index contributed by atoms with van der Waals surface area (Å²) in [6.07, 6.45) is 3.53. The molecule has 1 amide bonds. The molecule has 1 aromatic carbocycles. The molecule has 0 bridgehead atoms. The van der Waals surface area contributed by atoms with Crippen molar-refractivity contribution in [1.82, 2.24) is 15.5 Å². The number of alkyl halides is 2. The lowest BCUT2D eigenvalue weighted by atomic mass is 10.1. The summed E-state index contributed by atoms with van der Waals surface area (Å²) in [7, 11) is 0. The molecule has 3 rings (SSSR count). The number of aromatic amines is 1. The van der Waals surface area contributed by atoms with Crippen LogP contribution in [0.15, 0.2) is 30.5 Å². The van der Waals surface area contributed by atoms with E-state index in [4.69, 9.17) is 5.73 Å². The Balaban J connectivity index is 0.00000225. The number of hydrogen-bond acceptors (Lipinski definition) is 4. The molecule has 0 aliphatic heterocycles. The van der Waals surface area contributed by atoms with Crippen LogP contribution in [0, 0.1) is 5.92 Å². The van der Waals surface area contributed by atoms with Crippen LogP contribution < -0.4 is 15.8 Å². The first kappa shape index (κ1) is 19.1. The van der Waals surface area contributed by atoms with Crippen molar-refractivity contribution in [2.75, 3.05) is 6.54 Å². The number of aromatic nitrogens is 2. The third-order valence-corrected chi connectivity index (χ3v) is 3.99. The molecule has 1 aromatic heterocycles. The molecule has 1 atom stereocenters. The zero-order valence-corrected chi connectivity index (χ0v) is 14.1. The highest BCUT2D eigenvalue weighted by Crippen LogP contribution is 2.32. The molecule has 1 fully saturated rings. The van der Waals surface area contributed by atoms with Crippen LogP contribution in [0.5, 0.6) is 5.75 Å². The minimum Gasteiger partial charge on any atom is -0.435 e. The van der Waals surface area contributed by atoms with E-state index in [1.54, 1.807) is 12.1 Å². The summed E-state index contributed by atoms with van der Waals surface area (Å²) in [5.41, 5.74) is 7.02. The predicted molar refractivity (Wildman–Crippen MR) is 90.9 cm³/mol. The number of amides is 1. The molecule has 1 aliphatic rings. The fraction of sp³-hybridized carbons (Fsp3) is 0.375. The average molecular weight is 373 g/mol. The van der Waals surface area contributed by atoms with Crippen molar-refractivity contribution in [2.45, 2.75) is 25.5 Å². The molecule has 9 heteroatoms. The van der Waals surface area contributed by atoms with Crippen molar-refractivity contribution in [1.29, 1.82) is 0 Å². The number of hydrogen-bond donors (Lipinski definition) is 3. The molecule has 0 saturated heterocycles. The summed E-state index contributed by atoms with van der Waals surface area (Å²) in [4.78, 5) is 12.5. The molecule has 1 aliphatic carbocycles. The molecule has 25 heavy (non-hydrogen) atoms. The third kappa shape index (κ3) is 4.67. The third-order valence-electron chi connectivity index (χ3n) is 3.99. The molecule has 136 valence electrons. The van der Waals surface area contributed by atoms with Gasteiger partial charge < -0.3 is 15.8 Å². The van der Waals surface area contributed by atoms with Crippen molar-refractivity contribution >= 4 is 18.3 Å². The smallest absolute Gasteiger partial charge is 0.387 e. The first-order valence-corrected chi connectivity index (χ1v) is 7.68. The predicted octanol–water partition coefficient (Wildman–Crippen LogP) is 2.57. The van der Waals surface area contributed by atoms with Gasteiger partial charge in [-0.25, -0.2) is 0 Å². The van der Waals surface area contributed by atoms with Crippen molar-refractivity contribution < 1.29 is 18.3 Å². The first-order valence-electron chi connectivity index (χ1n) is 7.68. The Hall–Kier alpha value is -2.19. The van der Waals surface area contributed by atoms with E-state index in [9.17, 15) is 13.6 Å². The van der Waals surface area contributed by atoms with Crippen LogP contribution in [0.1, 0.15) is 23.2 Å². The maximum absolute atomic E-state index is 12.5. The van der Waals surface area contributed by atoms with Crippen molar-refractivity contribution in [2.24, 2.45) is 11.7 Å². The van der Waals surface area contributed by atoms with E-state index in [1.807, 2.05) is 0 Å². The van der Waals surface area contributed by atoms with Gasteiger partial charge in [-0.3, -0.25) is 9.89 Å². The van der Waals surface area contributed by atoms with E-state index in [1.165, 1.54) is 18.3 Å². The molecule has 6 nitrogen and oxygen atoms in total. The van der Waals surface area contributed by atoms with Gasteiger partial charge in [-0.2, -0.15) is 13.9 Å². The minimum absolute atomic E-state index is 0. The maximum Gasteiger partial charge on any atom is 0.387 e. The highest BCUT2D eigenvalue weighted by molar-refractivity contribution is 6.00. The van der Waals surface area contributed by atoms with Gasteiger partial charge in [0.2, 0.25) is 0 Å². The standard InChI is InChI=1S/C16H18F2N4O2.ClH/c17-16(18)24-11-3-1-2-10(6-11)14-12(8-20-22-14)15(23)21-13(7-19)9-4-5-9;/h1-3,6,8-9,13,16H,4-5,7,19H2,(H,20,22)(H,21,23);1H. The quantitative estimate of drug-likeness (QED) is 0.696. The van der Waals surface area contributed by atoms with Gasteiger partial charge in [0.1, 0.15) is 5.75 Å². The fourth-order valence-electron chi connectivity index (χ4n) is 2.62. The summed E-state index contributed by atoms with van der Waals surface area (Å²) in [5, 5.41) is 9.55. The average Bonchev–Trinajstić information content (AvgIpc) is 3.27. The number of halogens is 3. The van der Waals surface area contributed by atoms with Crippen molar-refractivity contribution in [3.05, 3.63) is 36.0 Å². The van der Waals surface area contributed by atoms with E-state index < -0.39 is 6.61 Å². The summed E-state index contributed by atoms with van der Waals surface area (Å²) >= 11 is 0. The summed E-state index contributed by atoms with van der Waals surface area (Å²) in [6.45, 7) is -2.53. The number of nitrogens with zero attached hydrogens (tertiary/aromatic N) is 1. The number of carbonyl (C=O) groups excluding carboxylic acids is 1. The molecular weight excluding hydrogens is 354 g/mol. The number of carbonyl (C=O) groups is 1. The molecule has 0 radical (unpaired) electrons. The number of nitrogens with one attached hydrogen (secondary N) is 2. The second kappa shape index (κ2) is 8.26. The Labute approximate surface area is 149 Å². The molecular formula is C16H19ClF2N4O2. The normalized spacial score (nSPS) is 14.7. The summed E-state index contributed by atoms with van der Waals surface area (Å²) in [6, 6.07) is 6.04. The minimum atomic E-state index is -2.91. The zero-order valence-electron chi connectivity index (χ0n) is 13.2. The van der Waals surface area contributed by atoms with E-state index >= 15 is 0 Å². The van der Waals surface area contributed by atoms with Crippen LogP contribution in [0.4, 0.5) is 8.78 Å². The van der Waals surface area contributed by atoms with Crippen molar-refractivity contribution in [3.8, 4) is 17.0 Å². The highest BCUT2D eigenvalue weighted by Gasteiger charge is 2.32. The summed E-state index contributed by atoms with van der Waals surface area (Å²) < 4.78 is 29.1. The SMILES string of the molecule is Cl.NCC(NC(=O)c1cn[nH]c1-c1cccc(OC(F)F)c1)C1CC1. The largest absolute Gasteiger partial charge is 0.435 e. The van der Waals surface area contributed by atoms with Crippen LogP contribution in [0.25, 0.3) is 11.3 Å². The Bertz CT molecular complexity index is 722. The Morgan fingerprint density at radius 2 is 2.20 bits per heavy atom. The van der Waals surface area contributed by atoms with Gasteiger partial charge in [0.25, 0.3) is 5.91 Å². The van der Waals surface area contributed by atoms with Crippen LogP contribution >= 0.6 is 12.4 Å². The van der Waals surface area contributed by atoms with Gasteiger partial charge >= 0.3 is 6.61 Å². The van der Waals surface area contributed by atoms with E-state index in [0.717, 1.165) is 12.8 Å². The van der Waals surface area contributed by atoms with Gasteiger partial charge in [-0.1, -0.05) is 12.1 Å². The number of ether oxygens (including phenoxy) is 1. The molecule has 2 aromatic rings.